The number of rotatable bonds is 6. The van der Waals surface area contributed by atoms with E-state index in [9.17, 15) is 26.7 Å². The summed E-state index contributed by atoms with van der Waals surface area (Å²) in [5.74, 6) is -1.34. The Kier molecular flexibility index (Phi) is 5.39. The summed E-state index contributed by atoms with van der Waals surface area (Å²) in [6, 6.07) is 8.46. The van der Waals surface area contributed by atoms with E-state index >= 15 is 0 Å². The second-order valence-corrected chi connectivity index (χ2v) is 7.98. The van der Waals surface area contributed by atoms with Gasteiger partial charge in [0.25, 0.3) is 20.2 Å². The molecular weight excluding hydrogens is 386 g/mol. The number of carbonyl (C=O) groups excluding carboxylic acids is 1. The minimum Gasteiger partial charge on any atom is -0.507 e. The highest BCUT2D eigenvalue weighted by Crippen LogP contribution is 2.24. The number of esters is 1. The lowest BCUT2D eigenvalue weighted by molar-refractivity contribution is 0.0597. The third-order valence-corrected chi connectivity index (χ3v) is 4.96. The van der Waals surface area contributed by atoms with Crippen molar-refractivity contribution in [3.8, 4) is 5.75 Å². The first kappa shape index (κ1) is 19.5. The molecule has 2 aromatic carbocycles. The number of phenolic OH excluding ortho intramolecular Hbond substituents is 1. The zero-order chi connectivity index (χ0) is 19.5. The van der Waals surface area contributed by atoms with Crippen LogP contribution in [0, 0.1) is 0 Å². The fraction of sp³-hybridized carbons (Fsp3) is 0.0714. The number of nitrogens with one attached hydrogen (secondary N) is 2. The van der Waals surface area contributed by atoms with Crippen LogP contribution in [0.5, 0.6) is 5.75 Å². The highest BCUT2D eigenvalue weighted by Gasteiger charge is 2.20. The van der Waals surface area contributed by atoms with E-state index in [1.807, 2.05) is 4.72 Å². The Morgan fingerprint density at radius 2 is 1.65 bits per heavy atom. The number of phenols is 1. The molecule has 0 saturated carbocycles. The van der Waals surface area contributed by atoms with Gasteiger partial charge in [0.15, 0.2) is 0 Å². The van der Waals surface area contributed by atoms with Crippen LogP contribution in [0.25, 0.3) is 0 Å². The van der Waals surface area contributed by atoms with Gasteiger partial charge in [-0.2, -0.15) is 8.42 Å². The van der Waals surface area contributed by atoms with Gasteiger partial charge in [-0.15, -0.1) is 0 Å². The van der Waals surface area contributed by atoms with Gasteiger partial charge in [0.05, 0.1) is 23.4 Å². The second-order valence-electron chi connectivity index (χ2n) is 5.00. The van der Waals surface area contributed by atoms with Crippen molar-refractivity contribution in [1.29, 1.82) is 0 Å². The fourth-order valence-electron chi connectivity index (χ4n) is 1.98. The fourth-order valence-corrected chi connectivity index (χ4v) is 3.51. The molecule has 0 saturated heterocycles. The number of ether oxygens (including phenoxy) is 1. The minimum atomic E-state index is -4.13. The molecule has 26 heavy (non-hydrogen) atoms. The maximum absolute atomic E-state index is 12.5. The lowest BCUT2D eigenvalue weighted by atomic mass is 10.2. The van der Waals surface area contributed by atoms with E-state index in [-0.39, 0.29) is 21.8 Å². The van der Waals surface area contributed by atoms with E-state index in [0.717, 1.165) is 25.3 Å². The number of sulfonamides is 1. The summed E-state index contributed by atoms with van der Waals surface area (Å²) >= 11 is 0. The number of benzene rings is 2. The molecule has 0 bridgehead atoms. The summed E-state index contributed by atoms with van der Waals surface area (Å²) in [5.41, 5.74) is -0.222. The highest BCUT2D eigenvalue weighted by atomic mass is 32.2. The zero-order valence-electron chi connectivity index (χ0n) is 13.3. The summed E-state index contributed by atoms with van der Waals surface area (Å²) in [6.07, 6.45) is 0. The van der Waals surface area contributed by atoms with Gasteiger partial charge in [-0.3, -0.25) is 9.44 Å². The summed E-state index contributed by atoms with van der Waals surface area (Å²) in [6.45, 7) is 0. The van der Waals surface area contributed by atoms with Crippen molar-refractivity contribution in [3.05, 3.63) is 48.0 Å². The number of hydrogen-bond acceptors (Lipinski definition) is 7. The smallest absolute Gasteiger partial charge is 0.341 e. The van der Waals surface area contributed by atoms with Crippen molar-refractivity contribution >= 4 is 37.6 Å². The predicted octanol–water partition coefficient (Wildman–Crippen LogP) is 0.595. The number of carbonyl (C=O) groups is 1. The molecule has 0 fully saturated rings. The molecule has 5 N–H and O–H groups in total. The topological polar surface area (TPSA) is 165 Å². The standard InChI is InChI=1S/C14H15N3O7S2/c1-24-14(19)12-8-11(5-6-13(12)18)25(20,21)16-9-3-2-4-10(7-9)17-26(15,22)23/h2-8,16-18H,1H3,(H2,15,22,23). The predicted molar refractivity (Wildman–Crippen MR) is 93.4 cm³/mol. The summed E-state index contributed by atoms with van der Waals surface area (Å²) in [5, 5.41) is 14.5. The van der Waals surface area contributed by atoms with Crippen LogP contribution in [0.2, 0.25) is 0 Å². The van der Waals surface area contributed by atoms with Crippen molar-refractivity contribution in [2.75, 3.05) is 16.6 Å². The maximum atomic E-state index is 12.5. The number of anilines is 2. The molecule has 2 aromatic rings. The van der Waals surface area contributed by atoms with Crippen LogP contribution in [0.4, 0.5) is 11.4 Å². The van der Waals surface area contributed by atoms with Gasteiger partial charge in [0.1, 0.15) is 11.3 Å². The third-order valence-electron chi connectivity index (χ3n) is 3.06. The summed E-state index contributed by atoms with van der Waals surface area (Å²) < 4.78 is 55.7. The molecule has 0 unspecified atom stereocenters. The van der Waals surface area contributed by atoms with Gasteiger partial charge in [-0.1, -0.05) is 6.07 Å². The third kappa shape index (κ3) is 4.84. The van der Waals surface area contributed by atoms with Crippen LogP contribution in [-0.2, 0) is 25.0 Å². The van der Waals surface area contributed by atoms with Crippen molar-refractivity contribution in [1.82, 2.24) is 0 Å². The molecule has 0 aromatic heterocycles. The molecule has 0 aliphatic heterocycles. The van der Waals surface area contributed by atoms with Gasteiger partial charge >= 0.3 is 5.97 Å². The van der Waals surface area contributed by atoms with E-state index in [0.29, 0.717) is 0 Å². The van der Waals surface area contributed by atoms with Crippen molar-refractivity contribution in [2.45, 2.75) is 4.90 Å². The molecule has 0 aliphatic carbocycles. The van der Waals surface area contributed by atoms with Crippen molar-refractivity contribution < 1.29 is 31.5 Å². The first-order chi connectivity index (χ1) is 12.0. The lowest BCUT2D eigenvalue weighted by Crippen LogP contribution is -2.21. The van der Waals surface area contributed by atoms with Gasteiger partial charge in [-0.25, -0.2) is 18.4 Å². The van der Waals surface area contributed by atoms with Crippen LogP contribution in [0.3, 0.4) is 0 Å². The quantitative estimate of drug-likeness (QED) is 0.514. The Morgan fingerprint density at radius 3 is 2.23 bits per heavy atom. The number of hydrogen-bond donors (Lipinski definition) is 4. The number of methoxy groups -OCH3 is 1. The van der Waals surface area contributed by atoms with Gasteiger partial charge in [0.2, 0.25) is 0 Å². The molecule has 12 heteroatoms. The Hall–Kier alpha value is -2.83. The molecule has 10 nitrogen and oxygen atoms in total. The molecule has 0 spiro atoms. The molecule has 2 rings (SSSR count). The van der Waals surface area contributed by atoms with Crippen molar-refractivity contribution in [2.24, 2.45) is 5.14 Å². The molecule has 0 heterocycles. The maximum Gasteiger partial charge on any atom is 0.341 e. The summed E-state index contributed by atoms with van der Waals surface area (Å²) in [4.78, 5) is 11.3. The number of aromatic hydroxyl groups is 1. The largest absolute Gasteiger partial charge is 0.507 e. The SMILES string of the molecule is COC(=O)c1cc(S(=O)(=O)Nc2cccc(NS(N)(=O)=O)c2)ccc1O. The van der Waals surface area contributed by atoms with Crippen molar-refractivity contribution in [3.63, 3.8) is 0 Å². The normalized spacial score (nSPS) is 11.6. The average Bonchev–Trinajstić information content (AvgIpc) is 2.52. The molecule has 0 atom stereocenters. The monoisotopic (exact) mass is 401 g/mol. The van der Waals surface area contributed by atoms with Gasteiger partial charge in [0, 0.05) is 0 Å². The Bertz CT molecular complexity index is 1050. The van der Waals surface area contributed by atoms with E-state index in [2.05, 4.69) is 9.46 Å². The second kappa shape index (κ2) is 7.19. The van der Waals surface area contributed by atoms with E-state index in [1.54, 1.807) is 0 Å². The Balaban J connectivity index is 2.35. The molecule has 0 amide bonds. The van der Waals surface area contributed by atoms with E-state index in [4.69, 9.17) is 5.14 Å². The first-order valence-electron chi connectivity index (χ1n) is 6.86. The Labute approximate surface area is 149 Å². The first-order valence-corrected chi connectivity index (χ1v) is 9.89. The van der Waals surface area contributed by atoms with Crippen LogP contribution in [-0.4, -0.2) is 35.0 Å². The van der Waals surface area contributed by atoms with Crippen LogP contribution < -0.4 is 14.6 Å². The van der Waals surface area contributed by atoms with Crippen LogP contribution in [0.15, 0.2) is 47.4 Å². The molecule has 0 radical (unpaired) electrons. The molecule has 140 valence electrons. The minimum absolute atomic E-state index is 0.0475. The van der Waals surface area contributed by atoms with E-state index < -0.39 is 32.0 Å². The average molecular weight is 401 g/mol. The van der Waals surface area contributed by atoms with Gasteiger partial charge < -0.3 is 9.84 Å². The molecule has 0 aliphatic rings. The summed E-state index contributed by atoms with van der Waals surface area (Å²) in [7, 11) is -7.06. The molecular formula is C14H15N3O7S2. The van der Waals surface area contributed by atoms with E-state index in [1.165, 1.54) is 24.3 Å². The highest BCUT2D eigenvalue weighted by molar-refractivity contribution is 7.92. The van der Waals surface area contributed by atoms with Gasteiger partial charge in [-0.05, 0) is 36.4 Å². The lowest BCUT2D eigenvalue weighted by Gasteiger charge is -2.11. The zero-order valence-corrected chi connectivity index (χ0v) is 15.0. The Morgan fingerprint density at radius 1 is 1.04 bits per heavy atom. The number of nitrogens with two attached hydrogens (primary N) is 1. The van der Waals surface area contributed by atoms with Crippen LogP contribution in [0.1, 0.15) is 10.4 Å². The van der Waals surface area contributed by atoms with Crippen LogP contribution >= 0.6 is 0 Å².